The van der Waals surface area contributed by atoms with Crippen molar-refractivity contribution in [1.29, 1.82) is 0 Å². The first-order valence-corrected chi connectivity index (χ1v) is 9.44. The maximum Gasteiger partial charge on any atom is 0.244 e. The van der Waals surface area contributed by atoms with Crippen LogP contribution in [0.25, 0.3) is 0 Å². The molecule has 0 aromatic heterocycles. The summed E-state index contributed by atoms with van der Waals surface area (Å²) < 4.78 is 0. The van der Waals surface area contributed by atoms with Crippen LogP contribution in [0.5, 0.6) is 0 Å². The first-order chi connectivity index (χ1) is 12.9. The van der Waals surface area contributed by atoms with E-state index in [2.05, 4.69) is 10.2 Å². The van der Waals surface area contributed by atoms with E-state index >= 15 is 0 Å². The van der Waals surface area contributed by atoms with E-state index in [9.17, 15) is 9.59 Å². The Bertz CT molecular complexity index is 824. The summed E-state index contributed by atoms with van der Waals surface area (Å²) in [6, 6.07) is 13.8. The van der Waals surface area contributed by atoms with Gasteiger partial charge in [0, 0.05) is 37.1 Å². The molecular formula is C22H27N3O2. The monoisotopic (exact) mass is 365 g/mol. The first kappa shape index (κ1) is 19.0. The predicted molar refractivity (Wildman–Crippen MR) is 110 cm³/mol. The van der Waals surface area contributed by atoms with Crippen LogP contribution in [0.2, 0.25) is 0 Å². The number of benzene rings is 2. The average molecular weight is 365 g/mol. The fraction of sp³-hybridized carbons (Fsp3) is 0.364. The van der Waals surface area contributed by atoms with E-state index < -0.39 is 0 Å². The number of hydrogen-bond donors (Lipinski definition) is 1. The third kappa shape index (κ3) is 4.67. The van der Waals surface area contributed by atoms with Crippen molar-refractivity contribution >= 4 is 28.9 Å². The minimum absolute atomic E-state index is 0.00645. The molecule has 0 spiro atoms. The van der Waals surface area contributed by atoms with E-state index in [4.69, 9.17) is 0 Å². The molecule has 142 valence electrons. The molecule has 1 aliphatic rings. The molecule has 0 unspecified atom stereocenters. The van der Waals surface area contributed by atoms with Crippen LogP contribution in [-0.4, -0.2) is 31.4 Å². The SMILES string of the molecule is CC(=O)N(CC(=O)Nc1ccc(N2CCCC2)cc1)c1cc(C)ccc1C. The summed E-state index contributed by atoms with van der Waals surface area (Å²) in [5.74, 6) is -0.358. The van der Waals surface area contributed by atoms with Gasteiger partial charge in [0.15, 0.2) is 0 Å². The smallest absolute Gasteiger partial charge is 0.244 e. The standard InChI is InChI=1S/C22H27N3O2/c1-16-6-7-17(2)21(14-16)25(18(3)26)15-22(27)23-19-8-10-20(11-9-19)24-12-4-5-13-24/h6-11,14H,4-5,12-13,15H2,1-3H3,(H,23,27). The van der Waals surface area contributed by atoms with E-state index in [1.165, 1.54) is 30.4 Å². The number of hydrogen-bond acceptors (Lipinski definition) is 3. The lowest BCUT2D eigenvalue weighted by molar-refractivity contribution is -0.120. The second kappa shape index (κ2) is 8.25. The Labute approximate surface area is 161 Å². The fourth-order valence-electron chi connectivity index (χ4n) is 3.45. The molecule has 1 aliphatic heterocycles. The largest absolute Gasteiger partial charge is 0.372 e. The van der Waals surface area contributed by atoms with Crippen LogP contribution >= 0.6 is 0 Å². The summed E-state index contributed by atoms with van der Waals surface area (Å²) in [6.45, 7) is 7.58. The molecular weight excluding hydrogens is 338 g/mol. The van der Waals surface area contributed by atoms with E-state index in [0.29, 0.717) is 0 Å². The lowest BCUT2D eigenvalue weighted by atomic mass is 10.1. The summed E-state index contributed by atoms with van der Waals surface area (Å²) in [4.78, 5) is 28.5. The molecule has 0 atom stereocenters. The zero-order valence-corrected chi connectivity index (χ0v) is 16.3. The molecule has 1 fully saturated rings. The molecule has 1 saturated heterocycles. The van der Waals surface area contributed by atoms with Crippen LogP contribution < -0.4 is 15.1 Å². The van der Waals surface area contributed by atoms with Gasteiger partial charge in [-0.1, -0.05) is 12.1 Å². The Hall–Kier alpha value is -2.82. The fourth-order valence-corrected chi connectivity index (χ4v) is 3.45. The third-order valence-electron chi connectivity index (χ3n) is 4.96. The van der Waals surface area contributed by atoms with Gasteiger partial charge >= 0.3 is 0 Å². The highest BCUT2D eigenvalue weighted by Gasteiger charge is 2.18. The number of nitrogens with zero attached hydrogens (tertiary/aromatic N) is 2. The van der Waals surface area contributed by atoms with Gasteiger partial charge in [-0.15, -0.1) is 0 Å². The number of aryl methyl sites for hydroxylation is 2. The number of amides is 2. The normalized spacial score (nSPS) is 13.5. The van der Waals surface area contributed by atoms with Gasteiger partial charge in [-0.25, -0.2) is 0 Å². The summed E-state index contributed by atoms with van der Waals surface area (Å²) in [5, 5.41) is 2.90. The molecule has 1 heterocycles. The van der Waals surface area contributed by atoms with Gasteiger partial charge in [-0.05, 0) is 68.1 Å². The molecule has 0 bridgehead atoms. The number of anilines is 3. The van der Waals surface area contributed by atoms with Crippen LogP contribution in [0.1, 0.15) is 30.9 Å². The van der Waals surface area contributed by atoms with Gasteiger partial charge in [0.05, 0.1) is 0 Å². The summed E-state index contributed by atoms with van der Waals surface area (Å²) in [5.41, 5.74) is 4.74. The molecule has 0 radical (unpaired) electrons. The third-order valence-corrected chi connectivity index (χ3v) is 4.96. The highest BCUT2D eigenvalue weighted by molar-refractivity contribution is 6.02. The molecule has 5 nitrogen and oxygen atoms in total. The van der Waals surface area contributed by atoms with Crippen molar-refractivity contribution in [3.05, 3.63) is 53.6 Å². The summed E-state index contributed by atoms with van der Waals surface area (Å²) >= 11 is 0. The van der Waals surface area contributed by atoms with Crippen molar-refractivity contribution in [2.75, 3.05) is 34.8 Å². The molecule has 2 aromatic carbocycles. The zero-order valence-electron chi connectivity index (χ0n) is 16.3. The van der Waals surface area contributed by atoms with Crippen molar-refractivity contribution in [1.82, 2.24) is 0 Å². The van der Waals surface area contributed by atoms with Crippen LogP contribution in [0, 0.1) is 13.8 Å². The summed E-state index contributed by atoms with van der Waals surface area (Å²) in [7, 11) is 0. The molecule has 5 heteroatoms. The Morgan fingerprint density at radius 2 is 1.70 bits per heavy atom. The van der Waals surface area contributed by atoms with Gasteiger partial charge in [-0.3, -0.25) is 9.59 Å². The lowest BCUT2D eigenvalue weighted by Crippen LogP contribution is -2.37. The minimum atomic E-state index is -0.208. The van der Waals surface area contributed by atoms with E-state index in [-0.39, 0.29) is 18.4 Å². The highest BCUT2D eigenvalue weighted by atomic mass is 16.2. The Morgan fingerprint density at radius 1 is 1.04 bits per heavy atom. The maximum atomic E-state index is 12.5. The number of carbonyl (C=O) groups excluding carboxylic acids is 2. The first-order valence-electron chi connectivity index (χ1n) is 9.44. The van der Waals surface area contributed by atoms with Crippen molar-refractivity contribution in [3.8, 4) is 0 Å². The Kier molecular flexibility index (Phi) is 5.79. The molecule has 2 amide bonds. The van der Waals surface area contributed by atoms with E-state index in [1.54, 1.807) is 0 Å². The van der Waals surface area contributed by atoms with Gasteiger partial charge in [-0.2, -0.15) is 0 Å². The van der Waals surface area contributed by atoms with Gasteiger partial charge < -0.3 is 15.1 Å². The van der Waals surface area contributed by atoms with Crippen molar-refractivity contribution < 1.29 is 9.59 Å². The van der Waals surface area contributed by atoms with E-state index in [1.807, 2.05) is 56.3 Å². The molecule has 1 N–H and O–H groups in total. The second-order valence-corrected chi connectivity index (χ2v) is 7.18. The van der Waals surface area contributed by atoms with Crippen LogP contribution in [-0.2, 0) is 9.59 Å². The quantitative estimate of drug-likeness (QED) is 0.874. The Balaban J connectivity index is 1.67. The van der Waals surface area contributed by atoms with E-state index in [0.717, 1.165) is 35.6 Å². The zero-order chi connectivity index (χ0) is 19.4. The Morgan fingerprint density at radius 3 is 2.33 bits per heavy atom. The maximum absolute atomic E-state index is 12.5. The van der Waals surface area contributed by atoms with Gasteiger partial charge in [0.2, 0.25) is 11.8 Å². The highest BCUT2D eigenvalue weighted by Crippen LogP contribution is 2.23. The van der Waals surface area contributed by atoms with Gasteiger partial charge in [0.25, 0.3) is 0 Å². The number of carbonyl (C=O) groups is 2. The molecule has 3 rings (SSSR count). The predicted octanol–water partition coefficient (Wildman–Crippen LogP) is 3.90. The molecule has 27 heavy (non-hydrogen) atoms. The van der Waals surface area contributed by atoms with Crippen molar-refractivity contribution in [3.63, 3.8) is 0 Å². The van der Waals surface area contributed by atoms with Crippen LogP contribution in [0.4, 0.5) is 17.1 Å². The summed E-state index contributed by atoms with van der Waals surface area (Å²) in [6.07, 6.45) is 2.47. The average Bonchev–Trinajstić information content (AvgIpc) is 3.17. The minimum Gasteiger partial charge on any atom is -0.372 e. The number of rotatable bonds is 5. The van der Waals surface area contributed by atoms with Crippen molar-refractivity contribution in [2.24, 2.45) is 0 Å². The van der Waals surface area contributed by atoms with Gasteiger partial charge in [0.1, 0.15) is 6.54 Å². The molecule has 2 aromatic rings. The van der Waals surface area contributed by atoms with Crippen molar-refractivity contribution in [2.45, 2.75) is 33.6 Å². The van der Waals surface area contributed by atoms with Crippen LogP contribution in [0.15, 0.2) is 42.5 Å². The second-order valence-electron chi connectivity index (χ2n) is 7.18. The topological polar surface area (TPSA) is 52.7 Å². The lowest BCUT2D eigenvalue weighted by Gasteiger charge is -2.23. The molecule has 0 saturated carbocycles. The molecule has 0 aliphatic carbocycles. The van der Waals surface area contributed by atoms with Crippen LogP contribution in [0.3, 0.4) is 0 Å². The number of nitrogens with one attached hydrogen (secondary N) is 1.